The molecular formula is C13H22N4O3S. The van der Waals surface area contributed by atoms with Crippen LogP contribution >= 0.6 is 0 Å². The zero-order chi connectivity index (χ0) is 15.5. The van der Waals surface area contributed by atoms with Crippen LogP contribution in [-0.2, 0) is 21.4 Å². The zero-order valence-electron chi connectivity index (χ0n) is 12.4. The summed E-state index contributed by atoms with van der Waals surface area (Å²) in [5, 5.41) is 2.90. The van der Waals surface area contributed by atoms with Gasteiger partial charge in [-0.2, -0.15) is 4.31 Å². The van der Waals surface area contributed by atoms with Gasteiger partial charge in [0, 0.05) is 31.5 Å². The van der Waals surface area contributed by atoms with E-state index in [0.29, 0.717) is 19.5 Å². The molecule has 1 saturated heterocycles. The molecule has 1 aromatic rings. The number of hydrogen-bond donors (Lipinski definition) is 1. The van der Waals surface area contributed by atoms with Crippen LogP contribution < -0.4 is 5.32 Å². The number of rotatable bonds is 5. The van der Waals surface area contributed by atoms with Crippen molar-refractivity contribution < 1.29 is 13.2 Å². The number of imidazole rings is 1. The summed E-state index contributed by atoms with van der Waals surface area (Å²) in [5.74, 6) is -0.215. The van der Waals surface area contributed by atoms with E-state index in [1.807, 2.05) is 17.7 Å². The molecule has 0 aliphatic carbocycles. The van der Waals surface area contributed by atoms with Crippen molar-refractivity contribution in [1.29, 1.82) is 0 Å². The molecular weight excluding hydrogens is 292 g/mol. The number of nitrogens with one attached hydrogen (secondary N) is 1. The van der Waals surface area contributed by atoms with E-state index in [1.54, 1.807) is 12.5 Å². The summed E-state index contributed by atoms with van der Waals surface area (Å²) in [4.78, 5) is 16.3. The molecule has 21 heavy (non-hydrogen) atoms. The van der Waals surface area contributed by atoms with E-state index in [4.69, 9.17) is 0 Å². The Morgan fingerprint density at radius 3 is 2.86 bits per heavy atom. The maximum absolute atomic E-state index is 12.4. The first-order chi connectivity index (χ1) is 9.88. The fraction of sp³-hybridized carbons (Fsp3) is 0.692. The number of carbonyl (C=O) groups is 1. The molecule has 2 atom stereocenters. The molecule has 2 rings (SSSR count). The highest BCUT2D eigenvalue weighted by atomic mass is 32.2. The van der Waals surface area contributed by atoms with Gasteiger partial charge in [0.2, 0.25) is 15.9 Å². The molecule has 1 aliphatic heterocycles. The second-order valence-corrected chi connectivity index (χ2v) is 7.49. The molecule has 0 saturated carbocycles. The lowest BCUT2D eigenvalue weighted by molar-refractivity contribution is -0.126. The Bertz CT molecular complexity index is 570. The lowest BCUT2D eigenvalue weighted by Crippen LogP contribution is -2.53. The maximum Gasteiger partial charge on any atom is 0.238 e. The van der Waals surface area contributed by atoms with E-state index < -0.39 is 16.1 Å². The first-order valence-corrected chi connectivity index (χ1v) is 8.95. The number of carbonyl (C=O) groups excluding carboxylic acids is 1. The number of aromatic nitrogens is 2. The van der Waals surface area contributed by atoms with Gasteiger partial charge in [0.15, 0.2) is 0 Å². The standard InChI is InChI=1S/C13H22N4O3S/c1-11(9-16-8-6-14-10-16)15-13(18)12-5-3-4-7-17(12)21(2,19)20/h6,8,10-12H,3-5,7,9H2,1-2H3,(H,15,18)/t11-,12-/m1/s1. The molecule has 118 valence electrons. The van der Waals surface area contributed by atoms with Crippen LogP contribution in [0, 0.1) is 0 Å². The number of hydrogen-bond acceptors (Lipinski definition) is 4. The quantitative estimate of drug-likeness (QED) is 0.841. The summed E-state index contributed by atoms with van der Waals surface area (Å²) < 4.78 is 26.7. The monoisotopic (exact) mass is 314 g/mol. The highest BCUT2D eigenvalue weighted by molar-refractivity contribution is 7.88. The molecule has 1 amide bonds. The third-order valence-electron chi connectivity index (χ3n) is 3.61. The molecule has 1 aliphatic rings. The van der Waals surface area contributed by atoms with Gasteiger partial charge >= 0.3 is 0 Å². The molecule has 7 nitrogen and oxygen atoms in total. The molecule has 0 radical (unpaired) electrons. The molecule has 1 N–H and O–H groups in total. The van der Waals surface area contributed by atoms with Crippen LogP contribution in [0.2, 0.25) is 0 Å². The van der Waals surface area contributed by atoms with Crippen molar-refractivity contribution in [3.63, 3.8) is 0 Å². The number of piperidine rings is 1. The average molecular weight is 314 g/mol. The summed E-state index contributed by atoms with van der Waals surface area (Å²) in [6.45, 7) is 2.93. The first-order valence-electron chi connectivity index (χ1n) is 7.11. The van der Waals surface area contributed by atoms with Gasteiger partial charge < -0.3 is 9.88 Å². The fourth-order valence-corrected chi connectivity index (χ4v) is 3.78. The second-order valence-electron chi connectivity index (χ2n) is 5.55. The van der Waals surface area contributed by atoms with Gasteiger partial charge in [0.1, 0.15) is 6.04 Å². The van der Waals surface area contributed by atoms with Crippen LogP contribution in [0.1, 0.15) is 26.2 Å². The van der Waals surface area contributed by atoms with Crippen LogP contribution in [0.3, 0.4) is 0 Å². The number of sulfonamides is 1. The summed E-state index contributed by atoms with van der Waals surface area (Å²) in [7, 11) is -3.35. The van der Waals surface area contributed by atoms with Crippen molar-refractivity contribution in [3.05, 3.63) is 18.7 Å². The van der Waals surface area contributed by atoms with Crippen molar-refractivity contribution in [2.24, 2.45) is 0 Å². The van der Waals surface area contributed by atoms with Crippen LogP contribution in [-0.4, -0.2) is 53.1 Å². The number of nitrogens with zero attached hydrogens (tertiary/aromatic N) is 3. The van der Waals surface area contributed by atoms with E-state index >= 15 is 0 Å². The fourth-order valence-electron chi connectivity index (χ4n) is 2.66. The zero-order valence-corrected chi connectivity index (χ0v) is 13.2. The van der Waals surface area contributed by atoms with Gasteiger partial charge in [-0.3, -0.25) is 4.79 Å². The van der Waals surface area contributed by atoms with E-state index in [-0.39, 0.29) is 11.9 Å². The van der Waals surface area contributed by atoms with Gasteiger partial charge in [-0.25, -0.2) is 13.4 Å². The van der Waals surface area contributed by atoms with Crippen molar-refractivity contribution >= 4 is 15.9 Å². The summed E-state index contributed by atoms with van der Waals surface area (Å²) in [6.07, 6.45) is 8.62. The van der Waals surface area contributed by atoms with Crippen LogP contribution in [0.25, 0.3) is 0 Å². The molecule has 0 aromatic carbocycles. The Kier molecular flexibility index (Phi) is 5.00. The largest absolute Gasteiger partial charge is 0.350 e. The minimum atomic E-state index is -3.35. The van der Waals surface area contributed by atoms with Crippen LogP contribution in [0.4, 0.5) is 0 Å². The normalized spacial score (nSPS) is 21.9. The lowest BCUT2D eigenvalue weighted by Gasteiger charge is -2.33. The Hall–Kier alpha value is -1.41. The van der Waals surface area contributed by atoms with Crippen molar-refractivity contribution in [3.8, 4) is 0 Å². The molecule has 0 spiro atoms. The molecule has 0 unspecified atom stereocenters. The summed E-state index contributed by atoms with van der Waals surface area (Å²) in [6, 6.07) is -0.672. The summed E-state index contributed by atoms with van der Waals surface area (Å²) in [5.41, 5.74) is 0. The molecule has 8 heteroatoms. The van der Waals surface area contributed by atoms with Gasteiger partial charge in [-0.1, -0.05) is 6.42 Å². The third kappa shape index (κ3) is 4.28. The molecule has 2 heterocycles. The minimum absolute atomic E-state index is 0.0879. The van der Waals surface area contributed by atoms with Crippen LogP contribution in [0.5, 0.6) is 0 Å². The van der Waals surface area contributed by atoms with Gasteiger partial charge in [-0.15, -0.1) is 0 Å². The smallest absolute Gasteiger partial charge is 0.238 e. The average Bonchev–Trinajstić information content (AvgIpc) is 2.90. The van der Waals surface area contributed by atoms with Crippen molar-refractivity contribution in [1.82, 2.24) is 19.2 Å². The SMILES string of the molecule is C[C@H](Cn1ccnc1)NC(=O)[C@H]1CCCCN1S(C)(=O)=O. The van der Waals surface area contributed by atoms with E-state index in [9.17, 15) is 13.2 Å². The van der Waals surface area contributed by atoms with E-state index in [2.05, 4.69) is 10.3 Å². The van der Waals surface area contributed by atoms with E-state index in [0.717, 1.165) is 19.1 Å². The predicted molar refractivity (Wildman–Crippen MR) is 79.0 cm³/mol. The topological polar surface area (TPSA) is 84.3 Å². The summed E-state index contributed by atoms with van der Waals surface area (Å²) >= 11 is 0. The Labute approximate surface area is 125 Å². The van der Waals surface area contributed by atoms with Gasteiger partial charge in [0.05, 0.1) is 12.6 Å². The third-order valence-corrected chi connectivity index (χ3v) is 4.90. The molecule has 1 fully saturated rings. The van der Waals surface area contributed by atoms with Crippen LogP contribution in [0.15, 0.2) is 18.7 Å². The highest BCUT2D eigenvalue weighted by Crippen LogP contribution is 2.20. The Morgan fingerprint density at radius 2 is 2.24 bits per heavy atom. The van der Waals surface area contributed by atoms with Gasteiger partial charge in [0.25, 0.3) is 0 Å². The van der Waals surface area contributed by atoms with Crippen molar-refractivity contribution in [2.45, 2.75) is 44.8 Å². The Morgan fingerprint density at radius 1 is 1.48 bits per heavy atom. The van der Waals surface area contributed by atoms with Gasteiger partial charge in [-0.05, 0) is 19.8 Å². The second kappa shape index (κ2) is 6.57. The van der Waals surface area contributed by atoms with Crippen molar-refractivity contribution in [2.75, 3.05) is 12.8 Å². The lowest BCUT2D eigenvalue weighted by atomic mass is 10.0. The highest BCUT2D eigenvalue weighted by Gasteiger charge is 2.34. The maximum atomic E-state index is 12.4. The predicted octanol–water partition coefficient (Wildman–Crippen LogP) is 0.202. The number of amides is 1. The Balaban J connectivity index is 1.97. The van der Waals surface area contributed by atoms with E-state index in [1.165, 1.54) is 4.31 Å². The first kappa shape index (κ1) is 16.0. The minimum Gasteiger partial charge on any atom is -0.350 e. The molecule has 1 aromatic heterocycles. The molecule has 0 bridgehead atoms.